The van der Waals surface area contributed by atoms with Crippen LogP contribution in [0.5, 0.6) is 0 Å². The summed E-state index contributed by atoms with van der Waals surface area (Å²) in [6, 6.07) is 0. The Kier molecular flexibility index (Phi) is 8.41. The first-order chi connectivity index (χ1) is 5.31. The molecule has 0 bridgehead atoms. The first-order valence-electron chi connectivity index (χ1n) is 4.92. The van der Waals surface area contributed by atoms with Crippen molar-refractivity contribution in [3.63, 3.8) is 0 Å². The molecular weight excluding hydrogens is 152 g/mol. The monoisotopic (exact) mass is 174 g/mol. The van der Waals surface area contributed by atoms with Gasteiger partial charge >= 0.3 is 0 Å². The normalized spacial score (nSPS) is 14.5. The molecule has 0 aromatic heterocycles. The summed E-state index contributed by atoms with van der Waals surface area (Å²) in [5.41, 5.74) is 0. The Morgan fingerprint density at radius 1 is 1.27 bits per heavy atom. The summed E-state index contributed by atoms with van der Waals surface area (Å²) in [6.07, 6.45) is 7.25. The smallest absolute Gasteiger partial charge is 0.158 e. The van der Waals surface area contributed by atoms with Gasteiger partial charge in [0, 0.05) is 6.10 Å². The molecule has 0 aliphatic rings. The maximum absolute atomic E-state index is 5.56. The lowest BCUT2D eigenvalue weighted by Crippen LogP contribution is -2.09. The van der Waals surface area contributed by atoms with Gasteiger partial charge in [0.15, 0.2) is 9.76 Å². The first kappa shape index (κ1) is 11.2. The van der Waals surface area contributed by atoms with Gasteiger partial charge in [-0.1, -0.05) is 39.2 Å². The predicted octanol–water partition coefficient (Wildman–Crippen LogP) is 2.49. The van der Waals surface area contributed by atoms with E-state index in [1.54, 1.807) is 0 Å². The predicted molar refractivity (Wildman–Crippen MR) is 53.7 cm³/mol. The molecule has 0 aromatic carbocycles. The van der Waals surface area contributed by atoms with Crippen LogP contribution >= 0.6 is 0 Å². The number of unbranched alkanes of at least 4 members (excludes halogenated alkanes) is 3. The van der Waals surface area contributed by atoms with E-state index in [1.165, 1.54) is 32.1 Å². The molecule has 0 rings (SSSR count). The van der Waals surface area contributed by atoms with Crippen molar-refractivity contribution in [2.24, 2.45) is 0 Å². The second kappa shape index (κ2) is 8.28. The summed E-state index contributed by atoms with van der Waals surface area (Å²) in [7, 11) is -0.173. The zero-order chi connectivity index (χ0) is 8.53. The Bertz CT molecular complexity index is 76.0. The highest BCUT2D eigenvalue weighted by molar-refractivity contribution is 6.24. The van der Waals surface area contributed by atoms with Gasteiger partial charge in [0.25, 0.3) is 0 Å². The molecule has 0 radical (unpaired) electrons. The molecule has 0 heterocycles. The lowest BCUT2D eigenvalue weighted by Gasteiger charge is -2.10. The summed E-state index contributed by atoms with van der Waals surface area (Å²) in [4.78, 5) is 0. The summed E-state index contributed by atoms with van der Waals surface area (Å²) >= 11 is 0. The van der Waals surface area contributed by atoms with Crippen molar-refractivity contribution >= 4 is 9.76 Å². The fraction of sp³-hybridized carbons (Fsp3) is 1.00. The number of rotatable bonds is 7. The second-order valence-electron chi connectivity index (χ2n) is 3.12. The average Bonchev–Trinajstić information content (AvgIpc) is 1.99. The molecule has 0 saturated carbocycles. The van der Waals surface area contributed by atoms with Crippen LogP contribution in [0.4, 0.5) is 0 Å². The van der Waals surface area contributed by atoms with Gasteiger partial charge in [0.2, 0.25) is 0 Å². The first-order valence-corrected chi connectivity index (χ1v) is 6.92. The van der Waals surface area contributed by atoms with Crippen LogP contribution in [0.1, 0.15) is 46.0 Å². The van der Waals surface area contributed by atoms with Crippen LogP contribution in [0.15, 0.2) is 0 Å². The van der Waals surface area contributed by atoms with Crippen LogP contribution in [0.2, 0.25) is 6.55 Å². The number of hydrogen-bond acceptors (Lipinski definition) is 1. The van der Waals surface area contributed by atoms with Gasteiger partial charge in [-0.2, -0.15) is 0 Å². The molecule has 11 heavy (non-hydrogen) atoms. The minimum absolute atomic E-state index is 0.173. The molecule has 0 fully saturated rings. The minimum atomic E-state index is -0.173. The van der Waals surface area contributed by atoms with Crippen LogP contribution in [0.3, 0.4) is 0 Å². The topological polar surface area (TPSA) is 9.23 Å². The standard InChI is InChI=1S/C9H22OSi/c1-4-5-6-7-8-9(2)10-11-3/h9H,4-8,11H2,1-3H3. The highest BCUT2D eigenvalue weighted by Crippen LogP contribution is 2.06. The Morgan fingerprint density at radius 2 is 2.00 bits per heavy atom. The van der Waals surface area contributed by atoms with E-state index in [1.807, 2.05) is 0 Å². The maximum Gasteiger partial charge on any atom is 0.158 e. The van der Waals surface area contributed by atoms with Gasteiger partial charge in [-0.3, -0.25) is 0 Å². The molecule has 68 valence electrons. The van der Waals surface area contributed by atoms with Crippen molar-refractivity contribution in [1.29, 1.82) is 0 Å². The third-order valence-corrected chi connectivity index (χ3v) is 2.82. The molecule has 0 N–H and O–H groups in total. The van der Waals surface area contributed by atoms with E-state index < -0.39 is 0 Å². The van der Waals surface area contributed by atoms with Crippen LogP contribution in [0, 0.1) is 0 Å². The summed E-state index contributed by atoms with van der Waals surface area (Å²) < 4.78 is 5.56. The third kappa shape index (κ3) is 8.08. The van der Waals surface area contributed by atoms with Crippen molar-refractivity contribution in [3.8, 4) is 0 Å². The molecule has 1 atom stereocenters. The van der Waals surface area contributed by atoms with Crippen LogP contribution < -0.4 is 0 Å². The highest BCUT2D eigenvalue weighted by atomic mass is 28.2. The van der Waals surface area contributed by atoms with Gasteiger partial charge in [0.1, 0.15) is 0 Å². The Morgan fingerprint density at radius 3 is 2.55 bits per heavy atom. The zero-order valence-corrected chi connectivity index (χ0v) is 9.64. The Labute approximate surface area is 73.5 Å². The van der Waals surface area contributed by atoms with Crippen molar-refractivity contribution in [1.82, 2.24) is 0 Å². The van der Waals surface area contributed by atoms with Gasteiger partial charge in [-0.15, -0.1) is 0 Å². The van der Waals surface area contributed by atoms with E-state index in [4.69, 9.17) is 4.43 Å². The molecule has 1 unspecified atom stereocenters. The molecule has 0 aromatic rings. The van der Waals surface area contributed by atoms with Gasteiger partial charge in [-0.05, 0) is 13.3 Å². The molecular formula is C9H22OSi. The van der Waals surface area contributed by atoms with E-state index in [2.05, 4.69) is 20.4 Å². The molecule has 1 nitrogen and oxygen atoms in total. The molecule has 2 heteroatoms. The van der Waals surface area contributed by atoms with E-state index >= 15 is 0 Å². The van der Waals surface area contributed by atoms with Crippen LogP contribution in [-0.2, 0) is 4.43 Å². The van der Waals surface area contributed by atoms with Gasteiger partial charge in [-0.25, -0.2) is 0 Å². The molecule has 0 aliphatic heterocycles. The fourth-order valence-electron chi connectivity index (χ4n) is 1.23. The average molecular weight is 174 g/mol. The lowest BCUT2D eigenvalue weighted by molar-refractivity contribution is 0.219. The largest absolute Gasteiger partial charge is 0.422 e. The maximum atomic E-state index is 5.56. The van der Waals surface area contributed by atoms with Crippen molar-refractivity contribution in [2.75, 3.05) is 0 Å². The Hall–Kier alpha value is 0.177. The van der Waals surface area contributed by atoms with Gasteiger partial charge in [0.05, 0.1) is 0 Å². The lowest BCUT2D eigenvalue weighted by atomic mass is 10.1. The second-order valence-corrected chi connectivity index (χ2v) is 4.03. The summed E-state index contributed by atoms with van der Waals surface area (Å²) in [6.45, 7) is 6.64. The van der Waals surface area contributed by atoms with Crippen LogP contribution in [-0.4, -0.2) is 15.9 Å². The third-order valence-electron chi connectivity index (χ3n) is 1.92. The quantitative estimate of drug-likeness (QED) is 0.426. The Balaban J connectivity index is 2.97. The van der Waals surface area contributed by atoms with Gasteiger partial charge < -0.3 is 4.43 Å². The van der Waals surface area contributed by atoms with Crippen molar-refractivity contribution in [3.05, 3.63) is 0 Å². The minimum Gasteiger partial charge on any atom is -0.422 e. The zero-order valence-electron chi connectivity index (χ0n) is 8.23. The summed E-state index contributed by atoms with van der Waals surface area (Å²) in [5, 5.41) is 0. The summed E-state index contributed by atoms with van der Waals surface area (Å²) in [5.74, 6) is 0. The van der Waals surface area contributed by atoms with Crippen molar-refractivity contribution < 1.29 is 4.43 Å². The highest BCUT2D eigenvalue weighted by Gasteiger charge is 1.98. The molecule has 0 saturated heterocycles. The molecule has 0 amide bonds. The number of hydrogen-bond donors (Lipinski definition) is 0. The molecule has 0 aliphatic carbocycles. The van der Waals surface area contributed by atoms with Crippen molar-refractivity contribution in [2.45, 2.75) is 58.6 Å². The SMILES string of the molecule is CCCCCCC(C)O[SiH2]C. The fourth-order valence-corrected chi connectivity index (χ4v) is 1.96. The van der Waals surface area contributed by atoms with E-state index in [0.29, 0.717) is 6.10 Å². The van der Waals surface area contributed by atoms with E-state index in [0.717, 1.165) is 0 Å². The van der Waals surface area contributed by atoms with E-state index in [9.17, 15) is 0 Å². The molecule has 0 spiro atoms. The van der Waals surface area contributed by atoms with Crippen LogP contribution in [0.25, 0.3) is 0 Å². The van der Waals surface area contributed by atoms with E-state index in [-0.39, 0.29) is 9.76 Å².